The van der Waals surface area contributed by atoms with E-state index >= 15 is 0 Å². The number of anilines is 4. The molecule has 1 aromatic carbocycles. The Bertz CT molecular complexity index is 1100. The van der Waals surface area contributed by atoms with Gasteiger partial charge in [-0.2, -0.15) is 10.1 Å². The highest BCUT2D eigenvalue weighted by Gasteiger charge is 2.24. The maximum atomic E-state index is 11.7. The van der Waals surface area contributed by atoms with E-state index in [2.05, 4.69) is 72.4 Å². The first-order chi connectivity index (χ1) is 14.4. The number of benzene rings is 1. The molecule has 3 N–H and O–H groups in total. The molecule has 0 bridgehead atoms. The van der Waals surface area contributed by atoms with Crippen molar-refractivity contribution in [1.29, 1.82) is 0 Å². The minimum absolute atomic E-state index is 0.120. The standard InChI is InChI=1S/C21H23IN6O2/c1-11-7-17(12(2)6-15(11)14-4-5-30-19(29)9-14)24-21-23-10-16(22)20(26-21)25-18-8-13(3)27-28-18/h6-8,10,14H,4-5,9H2,1-3H3,(H3,23,24,25,26,27,28). The molecule has 1 saturated heterocycles. The lowest BCUT2D eigenvalue weighted by Gasteiger charge is -2.24. The van der Waals surface area contributed by atoms with Gasteiger partial charge in [-0.1, -0.05) is 6.07 Å². The van der Waals surface area contributed by atoms with E-state index in [9.17, 15) is 4.79 Å². The van der Waals surface area contributed by atoms with Crippen LogP contribution in [0.4, 0.5) is 23.3 Å². The van der Waals surface area contributed by atoms with Crippen molar-refractivity contribution in [1.82, 2.24) is 20.2 Å². The molecule has 1 aliphatic rings. The summed E-state index contributed by atoms with van der Waals surface area (Å²) in [5.74, 6) is 1.98. The SMILES string of the molecule is Cc1cc(Nc2nc(Nc3cc(C)c(C4CCOC(=O)C4)cc3C)ncc2I)n[nH]1. The van der Waals surface area contributed by atoms with Crippen LogP contribution < -0.4 is 10.6 Å². The molecule has 9 heteroatoms. The Hall–Kier alpha value is -2.69. The Morgan fingerprint density at radius 1 is 1.17 bits per heavy atom. The van der Waals surface area contributed by atoms with Crippen molar-refractivity contribution in [3.8, 4) is 0 Å². The molecule has 4 rings (SSSR count). The third-order valence-corrected chi connectivity index (χ3v) is 5.93. The van der Waals surface area contributed by atoms with E-state index < -0.39 is 0 Å². The highest BCUT2D eigenvalue weighted by molar-refractivity contribution is 14.1. The van der Waals surface area contributed by atoms with Crippen LogP contribution in [0.1, 0.15) is 41.1 Å². The molecule has 3 aromatic rings. The molecule has 1 fully saturated rings. The van der Waals surface area contributed by atoms with Crippen LogP contribution >= 0.6 is 22.6 Å². The summed E-state index contributed by atoms with van der Waals surface area (Å²) in [7, 11) is 0. The summed E-state index contributed by atoms with van der Waals surface area (Å²) in [4.78, 5) is 20.7. The maximum Gasteiger partial charge on any atom is 0.306 e. The number of aromatic nitrogens is 4. The van der Waals surface area contributed by atoms with Gasteiger partial charge in [0.1, 0.15) is 0 Å². The smallest absolute Gasteiger partial charge is 0.306 e. The van der Waals surface area contributed by atoms with Crippen LogP contribution in [0, 0.1) is 24.3 Å². The summed E-state index contributed by atoms with van der Waals surface area (Å²) in [5.41, 5.74) is 5.33. The number of carbonyl (C=O) groups excluding carboxylic acids is 1. The number of aryl methyl sites for hydroxylation is 3. The number of halogens is 1. The zero-order valence-corrected chi connectivity index (χ0v) is 19.2. The molecule has 0 spiro atoms. The molecule has 1 atom stereocenters. The predicted octanol–water partition coefficient (Wildman–Crippen LogP) is 4.64. The van der Waals surface area contributed by atoms with Crippen LogP contribution in [0.3, 0.4) is 0 Å². The van der Waals surface area contributed by atoms with E-state index in [0.717, 1.165) is 32.5 Å². The van der Waals surface area contributed by atoms with Gasteiger partial charge in [-0.05, 0) is 78.5 Å². The second-order valence-corrected chi connectivity index (χ2v) is 8.67. The Kier molecular flexibility index (Phi) is 5.89. The molecule has 1 aliphatic heterocycles. The minimum Gasteiger partial charge on any atom is -0.466 e. The molecule has 156 valence electrons. The van der Waals surface area contributed by atoms with Crippen molar-refractivity contribution in [3.63, 3.8) is 0 Å². The molecule has 1 unspecified atom stereocenters. The van der Waals surface area contributed by atoms with Gasteiger partial charge in [0.2, 0.25) is 5.95 Å². The number of aromatic amines is 1. The average Bonchev–Trinajstić information content (AvgIpc) is 3.11. The Labute approximate surface area is 188 Å². The lowest BCUT2D eigenvalue weighted by Crippen LogP contribution is -2.20. The quantitative estimate of drug-likeness (QED) is 0.334. The van der Waals surface area contributed by atoms with E-state index in [1.165, 1.54) is 5.56 Å². The first-order valence-electron chi connectivity index (χ1n) is 9.74. The van der Waals surface area contributed by atoms with Gasteiger partial charge < -0.3 is 15.4 Å². The number of H-pyrrole nitrogens is 1. The Morgan fingerprint density at radius 3 is 2.73 bits per heavy atom. The highest BCUT2D eigenvalue weighted by Crippen LogP contribution is 2.33. The minimum atomic E-state index is -0.120. The zero-order chi connectivity index (χ0) is 21.3. The summed E-state index contributed by atoms with van der Waals surface area (Å²) in [6.07, 6.45) is 3.07. The fourth-order valence-electron chi connectivity index (χ4n) is 3.59. The summed E-state index contributed by atoms with van der Waals surface area (Å²) in [5, 5.41) is 13.6. The first-order valence-corrected chi connectivity index (χ1v) is 10.8. The molecular weight excluding hydrogens is 495 g/mol. The van der Waals surface area contributed by atoms with E-state index in [-0.39, 0.29) is 11.9 Å². The number of nitrogens with zero attached hydrogens (tertiary/aromatic N) is 3. The second kappa shape index (κ2) is 8.58. The zero-order valence-electron chi connectivity index (χ0n) is 17.0. The summed E-state index contributed by atoms with van der Waals surface area (Å²) in [6.45, 7) is 6.55. The molecule has 8 nitrogen and oxygen atoms in total. The topological polar surface area (TPSA) is 105 Å². The van der Waals surface area contributed by atoms with Crippen LogP contribution in [0.25, 0.3) is 0 Å². The van der Waals surface area contributed by atoms with E-state index in [1.807, 2.05) is 19.9 Å². The molecular formula is C21H23IN6O2. The van der Waals surface area contributed by atoms with Crippen LogP contribution in [-0.2, 0) is 9.53 Å². The summed E-state index contributed by atoms with van der Waals surface area (Å²) < 4.78 is 5.98. The molecule has 0 aliphatic carbocycles. The molecule has 0 amide bonds. The van der Waals surface area contributed by atoms with Crippen LogP contribution in [-0.4, -0.2) is 32.7 Å². The molecule has 3 heterocycles. The van der Waals surface area contributed by atoms with E-state index in [1.54, 1.807) is 6.20 Å². The van der Waals surface area contributed by atoms with Gasteiger partial charge in [0.25, 0.3) is 0 Å². The summed E-state index contributed by atoms with van der Waals surface area (Å²) >= 11 is 2.19. The van der Waals surface area contributed by atoms with Crippen LogP contribution in [0.5, 0.6) is 0 Å². The van der Waals surface area contributed by atoms with Crippen molar-refractivity contribution < 1.29 is 9.53 Å². The largest absolute Gasteiger partial charge is 0.466 e. The maximum absolute atomic E-state index is 11.7. The third kappa shape index (κ3) is 4.55. The number of nitrogens with one attached hydrogen (secondary N) is 3. The van der Waals surface area contributed by atoms with Crippen molar-refractivity contribution in [3.05, 3.63) is 50.4 Å². The normalized spacial score (nSPS) is 16.3. The number of hydrogen-bond donors (Lipinski definition) is 3. The van der Waals surface area contributed by atoms with Crippen molar-refractivity contribution in [2.45, 2.75) is 39.5 Å². The summed E-state index contributed by atoms with van der Waals surface area (Å²) in [6, 6.07) is 6.16. The van der Waals surface area contributed by atoms with Gasteiger partial charge >= 0.3 is 5.97 Å². The number of esters is 1. The lowest BCUT2D eigenvalue weighted by molar-refractivity contribution is -0.147. The Balaban J connectivity index is 1.56. The molecule has 0 saturated carbocycles. The van der Waals surface area contributed by atoms with Gasteiger partial charge in [0, 0.05) is 23.6 Å². The number of ether oxygens (including phenoxy) is 1. The van der Waals surface area contributed by atoms with Gasteiger partial charge in [0.15, 0.2) is 11.6 Å². The molecule has 30 heavy (non-hydrogen) atoms. The van der Waals surface area contributed by atoms with Crippen LogP contribution in [0.2, 0.25) is 0 Å². The predicted molar refractivity (Wildman–Crippen MR) is 123 cm³/mol. The van der Waals surface area contributed by atoms with E-state index in [0.29, 0.717) is 30.6 Å². The van der Waals surface area contributed by atoms with Crippen LogP contribution in [0.15, 0.2) is 24.4 Å². The Morgan fingerprint density at radius 2 is 2.00 bits per heavy atom. The molecule has 0 radical (unpaired) electrons. The van der Waals surface area contributed by atoms with Crippen molar-refractivity contribution >= 4 is 51.8 Å². The fraction of sp³-hybridized carbons (Fsp3) is 0.333. The lowest BCUT2D eigenvalue weighted by atomic mass is 9.87. The number of rotatable bonds is 5. The number of cyclic esters (lactones) is 1. The number of carbonyl (C=O) groups is 1. The first kappa shape index (κ1) is 20.6. The van der Waals surface area contributed by atoms with Crippen molar-refractivity contribution in [2.24, 2.45) is 0 Å². The van der Waals surface area contributed by atoms with E-state index in [4.69, 9.17) is 4.74 Å². The monoisotopic (exact) mass is 518 g/mol. The second-order valence-electron chi connectivity index (χ2n) is 7.51. The van der Waals surface area contributed by atoms with Gasteiger partial charge in [0.05, 0.1) is 16.6 Å². The third-order valence-electron chi connectivity index (χ3n) is 5.14. The van der Waals surface area contributed by atoms with Gasteiger partial charge in [-0.15, -0.1) is 0 Å². The van der Waals surface area contributed by atoms with Gasteiger partial charge in [-0.3, -0.25) is 9.89 Å². The average molecular weight is 518 g/mol. The fourth-order valence-corrected chi connectivity index (χ4v) is 3.99. The number of hydrogen-bond acceptors (Lipinski definition) is 7. The highest BCUT2D eigenvalue weighted by atomic mass is 127. The molecule has 2 aromatic heterocycles. The van der Waals surface area contributed by atoms with Crippen molar-refractivity contribution in [2.75, 3.05) is 17.2 Å². The van der Waals surface area contributed by atoms with Gasteiger partial charge in [-0.25, -0.2) is 4.98 Å².